The summed E-state index contributed by atoms with van der Waals surface area (Å²) in [5.41, 5.74) is 1.61. The van der Waals surface area contributed by atoms with Gasteiger partial charge in [-0.2, -0.15) is 5.26 Å². The van der Waals surface area contributed by atoms with E-state index in [4.69, 9.17) is 5.26 Å². The summed E-state index contributed by atoms with van der Waals surface area (Å²) in [5, 5.41) is 12.7. The van der Waals surface area contributed by atoms with Gasteiger partial charge in [-0.1, -0.05) is 34.8 Å². The van der Waals surface area contributed by atoms with Crippen LogP contribution in [0.1, 0.15) is 4.88 Å². The maximum atomic E-state index is 8.75. The van der Waals surface area contributed by atoms with Gasteiger partial charge in [0.25, 0.3) is 0 Å². The van der Waals surface area contributed by atoms with Gasteiger partial charge >= 0.3 is 0 Å². The molecule has 2 rings (SSSR count). The van der Waals surface area contributed by atoms with Crippen molar-refractivity contribution < 1.29 is 0 Å². The predicted molar refractivity (Wildman–Crippen MR) is 50.1 cm³/mol. The average Bonchev–Trinajstić information content (AvgIpc) is 2.67. The molecule has 0 atom stereocenters. The molecule has 0 aliphatic heterocycles. The fourth-order valence-electron chi connectivity index (χ4n) is 1.05. The van der Waals surface area contributed by atoms with E-state index < -0.39 is 0 Å². The summed E-state index contributed by atoms with van der Waals surface area (Å²) in [5.74, 6) is 0. The maximum absolute atomic E-state index is 8.75. The van der Waals surface area contributed by atoms with Crippen LogP contribution in [-0.4, -0.2) is 9.59 Å². The number of hydrogen-bond donors (Lipinski definition) is 0. The molecule has 1 heterocycles. The zero-order valence-corrected chi connectivity index (χ0v) is 7.45. The van der Waals surface area contributed by atoms with E-state index in [1.165, 1.54) is 0 Å². The molecule has 0 unspecified atom stereocenters. The Labute approximate surface area is 79.4 Å². The summed E-state index contributed by atoms with van der Waals surface area (Å²) in [4.78, 5) is 0.561. The lowest BCUT2D eigenvalue weighted by molar-refractivity contribution is 1.16. The molecule has 4 heteroatoms. The van der Waals surface area contributed by atoms with Crippen molar-refractivity contribution in [3.05, 3.63) is 35.2 Å². The second-order valence-electron chi connectivity index (χ2n) is 2.43. The van der Waals surface area contributed by atoms with Crippen LogP contribution < -0.4 is 0 Å². The molecule has 0 amide bonds. The monoisotopic (exact) mass is 187 g/mol. The Kier molecular flexibility index (Phi) is 2.02. The second-order valence-corrected chi connectivity index (χ2v) is 3.18. The van der Waals surface area contributed by atoms with Gasteiger partial charge in [-0.15, -0.1) is 5.10 Å². The first-order valence-corrected chi connectivity index (χ1v) is 4.47. The SMILES string of the molecule is N#Cc1snnc1-c1ccccc1. The Bertz CT molecular complexity index is 441. The smallest absolute Gasteiger partial charge is 0.153 e. The molecular formula is C9H5N3S. The first-order chi connectivity index (χ1) is 6.42. The zero-order valence-electron chi connectivity index (χ0n) is 6.64. The van der Waals surface area contributed by atoms with Gasteiger partial charge < -0.3 is 0 Å². The van der Waals surface area contributed by atoms with E-state index >= 15 is 0 Å². The van der Waals surface area contributed by atoms with Gasteiger partial charge in [0.15, 0.2) is 4.88 Å². The maximum Gasteiger partial charge on any atom is 0.153 e. The normalized spacial score (nSPS) is 9.46. The fraction of sp³-hybridized carbons (Fsp3) is 0. The average molecular weight is 187 g/mol. The molecule has 62 valence electrons. The van der Waals surface area contributed by atoms with Crippen LogP contribution in [0, 0.1) is 11.3 Å². The van der Waals surface area contributed by atoms with E-state index in [-0.39, 0.29) is 0 Å². The first-order valence-electron chi connectivity index (χ1n) is 3.69. The fourth-order valence-corrected chi connectivity index (χ4v) is 1.54. The minimum atomic E-state index is 0.561. The molecule has 3 nitrogen and oxygen atoms in total. The van der Waals surface area contributed by atoms with E-state index in [1.807, 2.05) is 30.3 Å². The lowest BCUT2D eigenvalue weighted by Crippen LogP contribution is -1.79. The van der Waals surface area contributed by atoms with Crippen molar-refractivity contribution in [3.8, 4) is 17.3 Å². The Hall–Kier alpha value is -1.73. The Morgan fingerprint density at radius 3 is 2.69 bits per heavy atom. The molecular weight excluding hydrogens is 182 g/mol. The van der Waals surface area contributed by atoms with Crippen LogP contribution in [0.25, 0.3) is 11.3 Å². The van der Waals surface area contributed by atoms with Gasteiger partial charge in [-0.3, -0.25) is 0 Å². The van der Waals surface area contributed by atoms with Crippen LogP contribution in [-0.2, 0) is 0 Å². The van der Waals surface area contributed by atoms with E-state index in [1.54, 1.807) is 0 Å². The molecule has 0 saturated carbocycles. The van der Waals surface area contributed by atoms with Crippen molar-refractivity contribution in [1.82, 2.24) is 9.59 Å². The van der Waals surface area contributed by atoms with Gasteiger partial charge in [0, 0.05) is 5.56 Å². The quantitative estimate of drug-likeness (QED) is 0.686. The summed E-state index contributed by atoms with van der Waals surface area (Å²) in [6.45, 7) is 0. The van der Waals surface area contributed by atoms with Gasteiger partial charge in [-0.05, 0) is 11.5 Å². The standard InChI is InChI=1S/C9H5N3S/c10-6-8-9(11-12-13-8)7-4-2-1-3-5-7/h1-5H. The largest absolute Gasteiger partial charge is 0.191 e. The van der Waals surface area contributed by atoms with Crippen molar-refractivity contribution in [1.29, 1.82) is 5.26 Å². The summed E-state index contributed by atoms with van der Waals surface area (Å²) in [7, 11) is 0. The van der Waals surface area contributed by atoms with E-state index in [9.17, 15) is 0 Å². The summed E-state index contributed by atoms with van der Waals surface area (Å²) in [6.07, 6.45) is 0. The topological polar surface area (TPSA) is 49.6 Å². The van der Waals surface area contributed by atoms with Crippen molar-refractivity contribution >= 4 is 11.5 Å². The number of benzene rings is 1. The first kappa shape index (κ1) is 7.90. The molecule has 0 radical (unpaired) electrons. The number of nitriles is 1. The van der Waals surface area contributed by atoms with Gasteiger partial charge in [-0.25, -0.2) is 0 Å². The number of hydrogen-bond acceptors (Lipinski definition) is 4. The van der Waals surface area contributed by atoms with Gasteiger partial charge in [0.2, 0.25) is 0 Å². The van der Waals surface area contributed by atoms with Crippen LogP contribution in [0.5, 0.6) is 0 Å². The van der Waals surface area contributed by atoms with Gasteiger partial charge in [0.05, 0.1) is 0 Å². The Balaban J connectivity index is 2.54. The second kappa shape index (κ2) is 3.33. The number of aromatic nitrogens is 2. The predicted octanol–water partition coefficient (Wildman–Crippen LogP) is 2.08. The minimum Gasteiger partial charge on any atom is -0.191 e. The molecule has 0 saturated heterocycles. The van der Waals surface area contributed by atoms with Crippen molar-refractivity contribution in [2.75, 3.05) is 0 Å². The molecule has 0 N–H and O–H groups in total. The van der Waals surface area contributed by atoms with E-state index in [0.717, 1.165) is 17.1 Å². The highest BCUT2D eigenvalue weighted by Crippen LogP contribution is 2.21. The summed E-state index contributed by atoms with van der Waals surface area (Å²) in [6, 6.07) is 11.6. The van der Waals surface area contributed by atoms with Crippen molar-refractivity contribution in [3.63, 3.8) is 0 Å². The Morgan fingerprint density at radius 2 is 2.00 bits per heavy atom. The van der Waals surface area contributed by atoms with Crippen molar-refractivity contribution in [2.45, 2.75) is 0 Å². The molecule has 1 aromatic heterocycles. The third-order valence-electron chi connectivity index (χ3n) is 1.64. The van der Waals surface area contributed by atoms with Crippen LogP contribution in [0.15, 0.2) is 30.3 Å². The van der Waals surface area contributed by atoms with Crippen LogP contribution >= 0.6 is 11.5 Å². The lowest BCUT2D eigenvalue weighted by Gasteiger charge is -1.93. The van der Waals surface area contributed by atoms with E-state index in [2.05, 4.69) is 15.7 Å². The highest BCUT2D eigenvalue weighted by Gasteiger charge is 2.08. The van der Waals surface area contributed by atoms with Crippen LogP contribution in [0.2, 0.25) is 0 Å². The lowest BCUT2D eigenvalue weighted by atomic mass is 10.1. The van der Waals surface area contributed by atoms with E-state index in [0.29, 0.717) is 10.6 Å². The zero-order chi connectivity index (χ0) is 9.10. The number of rotatable bonds is 1. The van der Waals surface area contributed by atoms with Crippen LogP contribution in [0.3, 0.4) is 0 Å². The summed E-state index contributed by atoms with van der Waals surface area (Å²) < 4.78 is 3.74. The molecule has 13 heavy (non-hydrogen) atoms. The van der Waals surface area contributed by atoms with Crippen LogP contribution in [0.4, 0.5) is 0 Å². The third kappa shape index (κ3) is 1.42. The molecule has 0 aliphatic carbocycles. The molecule has 0 fully saturated rings. The molecule has 0 aliphatic rings. The van der Waals surface area contributed by atoms with Crippen molar-refractivity contribution in [2.24, 2.45) is 0 Å². The summed E-state index contributed by atoms with van der Waals surface area (Å²) >= 11 is 1.12. The third-order valence-corrected chi connectivity index (χ3v) is 2.27. The highest BCUT2D eigenvalue weighted by atomic mass is 32.1. The molecule has 0 bridgehead atoms. The molecule has 1 aromatic carbocycles. The highest BCUT2D eigenvalue weighted by molar-refractivity contribution is 7.06. The molecule has 0 spiro atoms. The molecule has 2 aromatic rings. The minimum absolute atomic E-state index is 0.561. The number of nitrogens with zero attached hydrogens (tertiary/aromatic N) is 3. The van der Waals surface area contributed by atoms with Gasteiger partial charge in [0.1, 0.15) is 11.8 Å². The Morgan fingerprint density at radius 1 is 1.23 bits per heavy atom.